The van der Waals surface area contributed by atoms with E-state index in [9.17, 15) is 22.4 Å². The van der Waals surface area contributed by atoms with E-state index >= 15 is 0 Å². The normalized spacial score (nSPS) is 19.4. The molecule has 12 heteroatoms. The number of piperidine rings is 1. The number of ether oxygens (including phenoxy) is 3. The predicted molar refractivity (Wildman–Crippen MR) is 142 cm³/mol. The Hall–Kier alpha value is -2.57. The number of halogens is 1. The van der Waals surface area contributed by atoms with Crippen molar-refractivity contribution < 1.29 is 36.6 Å². The summed E-state index contributed by atoms with van der Waals surface area (Å²) in [6.07, 6.45) is 4.12. The molecule has 3 rings (SSSR count). The molecule has 0 aromatic carbocycles. The second-order valence-electron chi connectivity index (χ2n) is 11.3. The molecule has 0 atom stereocenters. The summed E-state index contributed by atoms with van der Waals surface area (Å²) in [5, 5.41) is 3.11. The van der Waals surface area contributed by atoms with Crippen LogP contribution >= 0.6 is 0 Å². The third kappa shape index (κ3) is 8.97. The summed E-state index contributed by atoms with van der Waals surface area (Å²) in [5.74, 6) is -0.350. The lowest BCUT2D eigenvalue weighted by Gasteiger charge is -2.38. The Morgan fingerprint density at radius 2 is 1.87 bits per heavy atom. The van der Waals surface area contributed by atoms with Gasteiger partial charge in [0.15, 0.2) is 0 Å². The first-order valence-corrected chi connectivity index (χ1v) is 14.7. The number of amides is 1. The fraction of sp³-hybridized carbons (Fsp3) is 0.667. The number of hydrogen-bond acceptors (Lipinski definition) is 8. The quantitative estimate of drug-likeness (QED) is 0.425. The third-order valence-corrected chi connectivity index (χ3v) is 8.79. The lowest BCUT2D eigenvalue weighted by molar-refractivity contribution is -0.154. The maximum atomic E-state index is 13.3. The summed E-state index contributed by atoms with van der Waals surface area (Å²) < 4.78 is 57.1. The van der Waals surface area contributed by atoms with Crippen molar-refractivity contribution in [3.63, 3.8) is 0 Å². The number of carbonyl (C=O) groups excluding carboxylic acids is 2. The summed E-state index contributed by atoms with van der Waals surface area (Å²) in [6.45, 7) is 8.72. The van der Waals surface area contributed by atoms with Gasteiger partial charge in [-0.2, -0.15) is 4.31 Å². The summed E-state index contributed by atoms with van der Waals surface area (Å²) in [4.78, 5) is 28.9. The Bertz CT molecular complexity index is 1120. The zero-order valence-electron chi connectivity index (χ0n) is 23.2. The molecule has 0 aliphatic carbocycles. The van der Waals surface area contributed by atoms with Crippen LogP contribution in [-0.2, 0) is 29.1 Å². The monoisotopic (exact) mass is 569 g/mol. The van der Waals surface area contributed by atoms with Gasteiger partial charge in [-0.1, -0.05) is 6.92 Å². The first-order chi connectivity index (χ1) is 18.3. The molecule has 39 heavy (non-hydrogen) atoms. The van der Waals surface area contributed by atoms with Crippen LogP contribution in [0.4, 0.5) is 4.39 Å². The Morgan fingerprint density at radius 1 is 1.21 bits per heavy atom. The van der Waals surface area contributed by atoms with Gasteiger partial charge in [0.1, 0.15) is 17.1 Å². The molecule has 218 valence electrons. The molecule has 10 nitrogen and oxygen atoms in total. The van der Waals surface area contributed by atoms with Crippen LogP contribution in [0.25, 0.3) is 0 Å². The number of pyridine rings is 1. The van der Waals surface area contributed by atoms with Gasteiger partial charge in [-0.15, -0.1) is 0 Å². The van der Waals surface area contributed by atoms with Gasteiger partial charge in [0.2, 0.25) is 21.8 Å². The van der Waals surface area contributed by atoms with Crippen LogP contribution in [0.5, 0.6) is 5.88 Å². The van der Waals surface area contributed by atoms with E-state index in [1.54, 1.807) is 20.8 Å². The predicted octanol–water partition coefficient (Wildman–Crippen LogP) is 3.52. The molecule has 0 radical (unpaired) electrons. The summed E-state index contributed by atoms with van der Waals surface area (Å²) in [7, 11) is -3.81. The first-order valence-electron chi connectivity index (χ1n) is 13.3. The number of nitrogens with one attached hydrogen (secondary N) is 1. The Balaban J connectivity index is 1.50. The van der Waals surface area contributed by atoms with Crippen molar-refractivity contribution in [1.82, 2.24) is 14.6 Å². The van der Waals surface area contributed by atoms with E-state index in [1.807, 2.05) is 6.92 Å². The minimum absolute atomic E-state index is 0.00702. The lowest BCUT2D eigenvalue weighted by Crippen LogP contribution is -2.51. The maximum Gasteiger partial charge on any atom is 0.306 e. The second-order valence-corrected chi connectivity index (χ2v) is 13.2. The van der Waals surface area contributed by atoms with Crippen LogP contribution in [0.2, 0.25) is 0 Å². The van der Waals surface area contributed by atoms with Gasteiger partial charge in [0.05, 0.1) is 12.5 Å². The van der Waals surface area contributed by atoms with Crippen molar-refractivity contribution in [1.29, 1.82) is 0 Å². The number of esters is 1. The summed E-state index contributed by atoms with van der Waals surface area (Å²) in [5.41, 5.74) is -1.01. The highest BCUT2D eigenvalue weighted by Gasteiger charge is 2.41. The van der Waals surface area contributed by atoms with Gasteiger partial charge in [-0.3, -0.25) is 9.59 Å². The van der Waals surface area contributed by atoms with Crippen molar-refractivity contribution in [2.24, 2.45) is 5.41 Å². The third-order valence-electron chi connectivity index (χ3n) is 6.91. The fourth-order valence-corrected chi connectivity index (χ4v) is 5.77. The number of carbonyl (C=O) groups is 2. The van der Waals surface area contributed by atoms with Gasteiger partial charge in [0.25, 0.3) is 0 Å². The largest absolute Gasteiger partial charge is 0.473 e. The molecular formula is C27H40FN3O7S. The molecule has 2 aliphatic rings. The van der Waals surface area contributed by atoms with Crippen molar-refractivity contribution in [2.45, 2.75) is 82.8 Å². The number of aromatic nitrogens is 1. The topological polar surface area (TPSA) is 124 Å². The van der Waals surface area contributed by atoms with Crippen LogP contribution in [-0.4, -0.2) is 74.1 Å². The smallest absolute Gasteiger partial charge is 0.306 e. The van der Waals surface area contributed by atoms with Crippen LogP contribution in [0.15, 0.2) is 35.1 Å². The van der Waals surface area contributed by atoms with Crippen LogP contribution in [0.3, 0.4) is 0 Å². The number of nitrogens with zero attached hydrogens (tertiary/aromatic N) is 2. The van der Waals surface area contributed by atoms with E-state index in [4.69, 9.17) is 14.2 Å². The summed E-state index contributed by atoms with van der Waals surface area (Å²) in [6, 6.07) is 2.90. The maximum absolute atomic E-state index is 13.3. The Kier molecular flexibility index (Phi) is 10.5. The number of rotatable bonds is 10. The highest BCUT2D eigenvalue weighted by molar-refractivity contribution is 7.89. The van der Waals surface area contributed by atoms with Crippen LogP contribution in [0, 0.1) is 5.41 Å². The standard InChI is InChI=1S/C27H40FN3O7S/c1-26(2,3)38-24(32)8-5-20(17-28)19-37-23-7-6-22(18-29-23)39(34,35)31-13-11-27(4,12-14-31)25(33)30-21-9-15-36-16-10-21/h6-7,17-18,21H,5,8-16,19H2,1-4H3,(H,30,33). The van der Waals surface area contributed by atoms with Crippen molar-refractivity contribution in [3.05, 3.63) is 30.2 Å². The first kappa shape index (κ1) is 31.0. The molecular weight excluding hydrogens is 529 g/mol. The van der Waals surface area contributed by atoms with E-state index in [-0.39, 0.29) is 60.8 Å². The van der Waals surface area contributed by atoms with E-state index in [0.29, 0.717) is 32.4 Å². The van der Waals surface area contributed by atoms with Crippen molar-refractivity contribution in [2.75, 3.05) is 32.9 Å². The SMILES string of the molecule is CC(C)(C)OC(=O)CCC(=CF)COc1ccc(S(=O)(=O)N2CCC(C)(C(=O)NC3CCOCC3)CC2)cn1. The molecule has 1 N–H and O–H groups in total. The van der Waals surface area contributed by atoms with Crippen LogP contribution < -0.4 is 10.1 Å². The average Bonchev–Trinajstić information content (AvgIpc) is 2.89. The van der Waals surface area contributed by atoms with Gasteiger partial charge in [-0.05, 0) is 64.5 Å². The molecule has 2 aliphatic heterocycles. The zero-order valence-corrected chi connectivity index (χ0v) is 24.0. The highest BCUT2D eigenvalue weighted by Crippen LogP contribution is 2.34. The molecule has 0 unspecified atom stereocenters. The van der Waals surface area contributed by atoms with E-state index in [0.717, 1.165) is 12.8 Å². The second kappa shape index (κ2) is 13.2. The van der Waals surface area contributed by atoms with Crippen molar-refractivity contribution in [3.8, 4) is 5.88 Å². The zero-order chi connectivity index (χ0) is 28.7. The van der Waals surface area contributed by atoms with Crippen molar-refractivity contribution >= 4 is 21.9 Å². The van der Waals surface area contributed by atoms with E-state index in [2.05, 4.69) is 10.3 Å². The molecule has 0 saturated carbocycles. The lowest BCUT2D eigenvalue weighted by atomic mass is 9.80. The van der Waals surface area contributed by atoms with Gasteiger partial charge < -0.3 is 19.5 Å². The average molecular weight is 570 g/mol. The molecule has 2 saturated heterocycles. The van der Waals surface area contributed by atoms with Gasteiger partial charge >= 0.3 is 5.97 Å². The summed E-state index contributed by atoms with van der Waals surface area (Å²) >= 11 is 0. The minimum atomic E-state index is -3.81. The molecule has 0 bridgehead atoms. The van der Waals surface area contributed by atoms with Gasteiger partial charge in [-0.25, -0.2) is 17.8 Å². The van der Waals surface area contributed by atoms with E-state index < -0.39 is 27.0 Å². The fourth-order valence-electron chi connectivity index (χ4n) is 4.38. The molecule has 3 heterocycles. The highest BCUT2D eigenvalue weighted by atomic mass is 32.2. The van der Waals surface area contributed by atoms with Crippen LogP contribution in [0.1, 0.15) is 66.2 Å². The minimum Gasteiger partial charge on any atom is -0.473 e. The molecule has 2 fully saturated rings. The van der Waals surface area contributed by atoms with Gasteiger partial charge in [0, 0.05) is 50.2 Å². The molecule has 1 aromatic heterocycles. The Labute approximate surface area is 230 Å². The molecule has 0 spiro atoms. The molecule has 1 amide bonds. The Morgan fingerprint density at radius 3 is 2.44 bits per heavy atom. The number of hydrogen-bond donors (Lipinski definition) is 1. The number of sulfonamides is 1. The molecule has 1 aromatic rings. The van der Waals surface area contributed by atoms with E-state index in [1.165, 1.54) is 22.6 Å².